The van der Waals surface area contributed by atoms with Crippen molar-refractivity contribution in [3.63, 3.8) is 0 Å². The molecule has 5 nitrogen and oxygen atoms in total. The van der Waals surface area contributed by atoms with E-state index < -0.39 is 5.91 Å². The van der Waals surface area contributed by atoms with Crippen LogP contribution in [0.4, 0.5) is 5.69 Å². The van der Waals surface area contributed by atoms with Crippen LogP contribution in [0.1, 0.15) is 15.9 Å². The molecule has 0 radical (unpaired) electrons. The predicted molar refractivity (Wildman–Crippen MR) is 122 cm³/mol. The molecule has 3 rings (SSSR count). The lowest BCUT2D eigenvalue weighted by Gasteiger charge is -2.12. The number of methoxy groups -OCH3 is 1. The number of hydrogen-bond acceptors (Lipinski definition) is 4. The summed E-state index contributed by atoms with van der Waals surface area (Å²) in [7, 11) is 1.58. The van der Waals surface area contributed by atoms with Crippen molar-refractivity contribution in [1.29, 1.82) is 0 Å². The number of thioether (sulfide) groups is 1. The number of carbonyl (C=O) groups excluding carboxylic acids is 2. The third-order valence-electron chi connectivity index (χ3n) is 4.26. The van der Waals surface area contributed by atoms with Crippen LogP contribution in [0.3, 0.4) is 0 Å². The van der Waals surface area contributed by atoms with Gasteiger partial charge in [-0.05, 0) is 60.4 Å². The van der Waals surface area contributed by atoms with E-state index in [1.807, 2.05) is 48.7 Å². The van der Waals surface area contributed by atoms with Crippen molar-refractivity contribution in [2.24, 2.45) is 0 Å². The summed E-state index contributed by atoms with van der Waals surface area (Å²) in [5.41, 5.74) is 1.97. The molecule has 3 aromatic rings. The van der Waals surface area contributed by atoms with E-state index >= 15 is 0 Å². The predicted octanol–water partition coefficient (Wildman–Crippen LogP) is 4.83. The number of amides is 2. The van der Waals surface area contributed by atoms with Crippen LogP contribution in [0.25, 0.3) is 6.08 Å². The Morgan fingerprint density at radius 3 is 2.43 bits per heavy atom. The molecule has 3 aromatic carbocycles. The summed E-state index contributed by atoms with van der Waals surface area (Å²) in [6.07, 6.45) is 3.59. The average molecular weight is 419 g/mol. The highest BCUT2D eigenvalue weighted by atomic mass is 32.2. The molecule has 0 saturated carbocycles. The van der Waals surface area contributed by atoms with Crippen LogP contribution in [0, 0.1) is 0 Å². The summed E-state index contributed by atoms with van der Waals surface area (Å²) in [6, 6.07) is 23.5. The largest absolute Gasteiger partial charge is 0.497 e. The molecule has 0 aliphatic heterocycles. The van der Waals surface area contributed by atoms with Crippen LogP contribution >= 0.6 is 11.8 Å². The van der Waals surface area contributed by atoms with E-state index in [4.69, 9.17) is 4.74 Å². The highest BCUT2D eigenvalue weighted by molar-refractivity contribution is 7.98. The molecule has 0 heterocycles. The topological polar surface area (TPSA) is 67.4 Å². The van der Waals surface area contributed by atoms with Gasteiger partial charge in [-0.25, -0.2) is 0 Å². The smallest absolute Gasteiger partial charge is 0.272 e. The third-order valence-corrected chi connectivity index (χ3v) is 4.99. The van der Waals surface area contributed by atoms with E-state index in [1.54, 1.807) is 61.3 Å². The molecule has 0 aliphatic carbocycles. The lowest BCUT2D eigenvalue weighted by molar-refractivity contribution is -0.113. The monoisotopic (exact) mass is 418 g/mol. The molecule has 2 amide bonds. The van der Waals surface area contributed by atoms with Gasteiger partial charge in [0.1, 0.15) is 11.4 Å². The average Bonchev–Trinajstić information content (AvgIpc) is 2.79. The Hall–Kier alpha value is -3.51. The Morgan fingerprint density at radius 2 is 1.70 bits per heavy atom. The lowest BCUT2D eigenvalue weighted by atomic mass is 10.1. The zero-order valence-corrected chi connectivity index (χ0v) is 17.5. The first-order valence-corrected chi connectivity index (χ1v) is 10.5. The van der Waals surface area contributed by atoms with Gasteiger partial charge in [-0.3, -0.25) is 9.59 Å². The van der Waals surface area contributed by atoms with E-state index in [2.05, 4.69) is 10.6 Å². The number of benzene rings is 3. The van der Waals surface area contributed by atoms with Crippen molar-refractivity contribution >= 4 is 35.3 Å². The maximum absolute atomic E-state index is 13.0. The number of carbonyl (C=O) groups is 2. The highest BCUT2D eigenvalue weighted by Gasteiger charge is 2.15. The van der Waals surface area contributed by atoms with Gasteiger partial charge in [-0.1, -0.05) is 36.4 Å². The fourth-order valence-electron chi connectivity index (χ4n) is 2.74. The molecular weight excluding hydrogens is 396 g/mol. The summed E-state index contributed by atoms with van der Waals surface area (Å²) in [4.78, 5) is 26.7. The Balaban J connectivity index is 1.90. The minimum atomic E-state index is -0.416. The number of nitrogens with one attached hydrogen (secondary N) is 2. The van der Waals surface area contributed by atoms with Crippen LogP contribution in [-0.2, 0) is 4.79 Å². The van der Waals surface area contributed by atoms with Crippen LogP contribution < -0.4 is 15.4 Å². The van der Waals surface area contributed by atoms with Gasteiger partial charge in [0.2, 0.25) is 0 Å². The van der Waals surface area contributed by atoms with Crippen molar-refractivity contribution in [2.45, 2.75) is 4.90 Å². The minimum Gasteiger partial charge on any atom is -0.497 e. The van der Waals surface area contributed by atoms with Crippen molar-refractivity contribution in [1.82, 2.24) is 5.32 Å². The minimum absolute atomic E-state index is 0.131. The van der Waals surface area contributed by atoms with Gasteiger partial charge >= 0.3 is 0 Å². The second-order valence-corrected chi connectivity index (χ2v) is 7.22. The van der Waals surface area contributed by atoms with Gasteiger partial charge in [-0.15, -0.1) is 11.8 Å². The first-order chi connectivity index (χ1) is 14.6. The molecule has 2 N–H and O–H groups in total. The van der Waals surface area contributed by atoms with Crippen LogP contribution in [-0.4, -0.2) is 25.2 Å². The molecule has 0 aliphatic rings. The summed E-state index contributed by atoms with van der Waals surface area (Å²) in [5, 5.41) is 5.59. The fourth-order valence-corrected chi connectivity index (χ4v) is 3.20. The van der Waals surface area contributed by atoms with E-state index in [0.29, 0.717) is 17.0 Å². The van der Waals surface area contributed by atoms with Crippen molar-refractivity contribution < 1.29 is 14.3 Å². The molecule has 0 spiro atoms. The molecule has 0 bridgehead atoms. The third kappa shape index (κ3) is 5.75. The van der Waals surface area contributed by atoms with Gasteiger partial charge < -0.3 is 15.4 Å². The second-order valence-electron chi connectivity index (χ2n) is 6.34. The van der Waals surface area contributed by atoms with Crippen LogP contribution in [0.5, 0.6) is 5.75 Å². The first kappa shape index (κ1) is 21.2. The second kappa shape index (κ2) is 10.3. The van der Waals surface area contributed by atoms with Crippen molar-refractivity contribution in [3.8, 4) is 5.75 Å². The molecule has 0 aromatic heterocycles. The fraction of sp³-hybridized carbons (Fsp3) is 0.0833. The van der Waals surface area contributed by atoms with Gasteiger partial charge in [0, 0.05) is 16.1 Å². The van der Waals surface area contributed by atoms with E-state index in [9.17, 15) is 9.59 Å². The molecule has 6 heteroatoms. The van der Waals surface area contributed by atoms with Crippen molar-refractivity contribution in [3.05, 3.63) is 95.7 Å². The summed E-state index contributed by atoms with van der Waals surface area (Å²) in [6.45, 7) is 0. The van der Waals surface area contributed by atoms with E-state index in [0.717, 1.165) is 10.5 Å². The standard InChI is InChI=1S/C24H22N2O3S/c1-29-20-12-6-8-17(14-20)15-22(26-23(27)18-9-4-3-5-10-18)24(28)25-19-11-7-13-21(16-19)30-2/h3-16H,1-2H3,(H,25,28)(H,26,27)/b22-15+. The van der Waals surface area contributed by atoms with Gasteiger partial charge in [0.05, 0.1) is 7.11 Å². The molecule has 0 atom stereocenters. The number of rotatable bonds is 7. The molecule has 0 saturated heterocycles. The van der Waals surface area contributed by atoms with Gasteiger partial charge in [0.15, 0.2) is 0 Å². The molecule has 0 unspecified atom stereocenters. The van der Waals surface area contributed by atoms with Crippen LogP contribution in [0.15, 0.2) is 89.5 Å². The SMILES string of the molecule is COc1cccc(/C=C(/NC(=O)c2ccccc2)C(=O)Nc2cccc(SC)c2)c1. The highest BCUT2D eigenvalue weighted by Crippen LogP contribution is 2.20. The van der Waals surface area contributed by atoms with Crippen LogP contribution in [0.2, 0.25) is 0 Å². The first-order valence-electron chi connectivity index (χ1n) is 9.26. The molecule has 30 heavy (non-hydrogen) atoms. The Kier molecular flexibility index (Phi) is 7.29. The number of anilines is 1. The van der Waals surface area contributed by atoms with Crippen molar-refractivity contribution in [2.75, 3.05) is 18.7 Å². The maximum Gasteiger partial charge on any atom is 0.272 e. The van der Waals surface area contributed by atoms with Gasteiger partial charge in [-0.2, -0.15) is 0 Å². The van der Waals surface area contributed by atoms with Gasteiger partial charge in [0.25, 0.3) is 11.8 Å². The van der Waals surface area contributed by atoms with E-state index in [-0.39, 0.29) is 11.6 Å². The summed E-state index contributed by atoms with van der Waals surface area (Å²) < 4.78 is 5.25. The molecular formula is C24H22N2O3S. The molecule has 0 fully saturated rings. The Labute approximate surface area is 180 Å². The van der Waals surface area contributed by atoms with E-state index in [1.165, 1.54) is 0 Å². The zero-order chi connectivity index (χ0) is 21.3. The summed E-state index contributed by atoms with van der Waals surface area (Å²) >= 11 is 1.58. The number of hydrogen-bond donors (Lipinski definition) is 2. The summed E-state index contributed by atoms with van der Waals surface area (Å²) in [5.74, 6) is -0.122. The quantitative estimate of drug-likeness (QED) is 0.426. The Bertz CT molecular complexity index is 1060. The molecule has 152 valence electrons. The normalized spacial score (nSPS) is 10.9. The lowest BCUT2D eigenvalue weighted by Crippen LogP contribution is -2.30. The Morgan fingerprint density at radius 1 is 0.933 bits per heavy atom. The maximum atomic E-state index is 13.0. The zero-order valence-electron chi connectivity index (χ0n) is 16.7. The number of ether oxygens (including phenoxy) is 1.